The zero-order chi connectivity index (χ0) is 22.6. The minimum atomic E-state index is -0.0891. The lowest BCUT2D eigenvalue weighted by molar-refractivity contribution is -0.120. The number of rotatable bonds is 12. The fourth-order valence-electron chi connectivity index (χ4n) is 3.32. The lowest BCUT2D eigenvalue weighted by atomic mass is 9.98. The van der Waals surface area contributed by atoms with Crippen molar-refractivity contribution in [1.82, 2.24) is 0 Å². The summed E-state index contributed by atoms with van der Waals surface area (Å²) in [5.41, 5.74) is 3.22. The van der Waals surface area contributed by atoms with Gasteiger partial charge in [-0.2, -0.15) is 0 Å². The van der Waals surface area contributed by atoms with Gasteiger partial charge in [0, 0.05) is 36.4 Å². The van der Waals surface area contributed by atoms with Crippen LogP contribution in [0, 0.1) is 5.92 Å². The zero-order valence-electron chi connectivity index (χ0n) is 18.8. The maximum atomic E-state index is 12.5. The second kappa shape index (κ2) is 12.7. The number of carbonyl (C=O) groups is 2. The first-order chi connectivity index (χ1) is 15.0. The van der Waals surface area contributed by atoms with Crippen molar-refractivity contribution in [2.45, 2.75) is 39.5 Å². The molecule has 0 saturated heterocycles. The molecule has 5 heteroatoms. The lowest BCUT2D eigenvalue weighted by Crippen LogP contribution is -2.22. The molecule has 0 spiro atoms. The van der Waals surface area contributed by atoms with E-state index in [2.05, 4.69) is 12.2 Å². The van der Waals surface area contributed by atoms with Crippen LogP contribution in [-0.4, -0.2) is 37.0 Å². The van der Waals surface area contributed by atoms with Gasteiger partial charge < -0.3 is 15.3 Å². The molecule has 0 aliphatic carbocycles. The molecule has 166 valence electrons. The molecule has 0 aliphatic heterocycles. The van der Waals surface area contributed by atoms with Crippen LogP contribution in [0.5, 0.6) is 0 Å². The highest BCUT2D eigenvalue weighted by Crippen LogP contribution is 2.18. The minimum absolute atomic E-state index is 0.0269. The van der Waals surface area contributed by atoms with E-state index < -0.39 is 0 Å². The second-order valence-corrected chi connectivity index (χ2v) is 7.75. The smallest absolute Gasteiger partial charge is 0.227 e. The maximum Gasteiger partial charge on any atom is 0.227 e. The summed E-state index contributed by atoms with van der Waals surface area (Å²) in [6.07, 6.45) is 7.20. The molecule has 1 amide bonds. The third-order valence-electron chi connectivity index (χ3n) is 5.40. The number of hydrogen-bond donors (Lipinski definition) is 2. The Morgan fingerprint density at radius 1 is 1.06 bits per heavy atom. The number of aliphatic hydroxyl groups excluding tert-OH is 1. The van der Waals surface area contributed by atoms with Gasteiger partial charge in [-0.3, -0.25) is 9.59 Å². The first kappa shape index (κ1) is 24.4. The number of likely N-dealkylation sites (N-methyl/N-ethyl adjacent to an activating group) is 1. The molecule has 2 rings (SSSR count). The number of amides is 1. The van der Waals surface area contributed by atoms with E-state index in [1.807, 2.05) is 43.1 Å². The van der Waals surface area contributed by atoms with Crippen molar-refractivity contribution >= 4 is 29.1 Å². The van der Waals surface area contributed by atoms with E-state index in [9.17, 15) is 9.59 Å². The van der Waals surface area contributed by atoms with Crippen LogP contribution in [0.15, 0.2) is 54.6 Å². The van der Waals surface area contributed by atoms with E-state index in [-0.39, 0.29) is 24.2 Å². The van der Waals surface area contributed by atoms with Crippen molar-refractivity contribution in [1.29, 1.82) is 0 Å². The minimum Gasteiger partial charge on any atom is -0.395 e. The number of unbranched alkanes of at least 4 members (excludes halogenated alkanes) is 1. The van der Waals surface area contributed by atoms with Crippen LogP contribution in [0.25, 0.3) is 6.08 Å². The SMILES string of the molecule is CCCCC(CC)C(=O)Nc1ccc(C(=O)/C=C/c2ccc(N(C)CCO)cc2)cc1. The van der Waals surface area contributed by atoms with Crippen LogP contribution >= 0.6 is 0 Å². The Morgan fingerprint density at radius 2 is 1.74 bits per heavy atom. The lowest BCUT2D eigenvalue weighted by Gasteiger charge is -2.17. The highest BCUT2D eigenvalue weighted by molar-refractivity contribution is 6.07. The molecule has 2 aromatic rings. The molecule has 0 fully saturated rings. The van der Waals surface area contributed by atoms with Crippen molar-refractivity contribution in [3.8, 4) is 0 Å². The van der Waals surface area contributed by atoms with E-state index >= 15 is 0 Å². The number of benzene rings is 2. The Hall–Kier alpha value is -2.92. The predicted octanol–water partition coefficient (Wildman–Crippen LogP) is 5.17. The van der Waals surface area contributed by atoms with Gasteiger partial charge in [0.25, 0.3) is 0 Å². The van der Waals surface area contributed by atoms with Gasteiger partial charge in [0.2, 0.25) is 5.91 Å². The largest absolute Gasteiger partial charge is 0.395 e. The van der Waals surface area contributed by atoms with Crippen molar-refractivity contribution in [3.05, 3.63) is 65.7 Å². The highest BCUT2D eigenvalue weighted by Gasteiger charge is 2.16. The Balaban J connectivity index is 1.95. The first-order valence-electron chi connectivity index (χ1n) is 11.0. The molecule has 5 nitrogen and oxygen atoms in total. The van der Waals surface area contributed by atoms with E-state index in [1.165, 1.54) is 0 Å². The Bertz CT molecular complexity index is 857. The summed E-state index contributed by atoms with van der Waals surface area (Å²) >= 11 is 0. The summed E-state index contributed by atoms with van der Waals surface area (Å²) in [7, 11) is 1.92. The normalized spacial score (nSPS) is 12.0. The third-order valence-corrected chi connectivity index (χ3v) is 5.40. The van der Waals surface area contributed by atoms with Gasteiger partial charge in [-0.25, -0.2) is 0 Å². The van der Waals surface area contributed by atoms with Gasteiger partial charge in [-0.15, -0.1) is 0 Å². The summed E-state index contributed by atoms with van der Waals surface area (Å²) in [6.45, 7) is 4.84. The molecule has 0 saturated carbocycles. The molecule has 1 atom stereocenters. The van der Waals surface area contributed by atoms with Crippen LogP contribution in [0.2, 0.25) is 0 Å². The fourth-order valence-corrected chi connectivity index (χ4v) is 3.32. The quantitative estimate of drug-likeness (QED) is 0.366. The summed E-state index contributed by atoms with van der Waals surface area (Å²) in [6, 6.07) is 14.8. The summed E-state index contributed by atoms with van der Waals surface area (Å²) in [5, 5.41) is 12.0. The average molecular weight is 423 g/mol. The molecule has 0 radical (unpaired) electrons. The molecule has 0 bridgehead atoms. The van der Waals surface area contributed by atoms with Gasteiger partial charge in [0.15, 0.2) is 5.78 Å². The Labute approximate surface area is 185 Å². The van der Waals surface area contributed by atoms with E-state index in [0.717, 1.165) is 36.9 Å². The molecule has 2 N–H and O–H groups in total. The van der Waals surface area contributed by atoms with Crippen molar-refractivity contribution in [2.75, 3.05) is 30.4 Å². The summed E-state index contributed by atoms with van der Waals surface area (Å²) < 4.78 is 0. The summed E-state index contributed by atoms with van der Waals surface area (Å²) in [5.74, 6) is -0.0178. The van der Waals surface area contributed by atoms with E-state index in [0.29, 0.717) is 17.8 Å². The molecule has 0 heterocycles. The van der Waals surface area contributed by atoms with E-state index in [4.69, 9.17) is 5.11 Å². The zero-order valence-corrected chi connectivity index (χ0v) is 18.8. The Morgan fingerprint density at radius 3 is 2.32 bits per heavy atom. The van der Waals surface area contributed by atoms with Gasteiger partial charge >= 0.3 is 0 Å². The standard InChI is InChI=1S/C26H34N2O3/c1-4-6-7-21(5-2)26(31)27-23-13-11-22(12-14-23)25(30)17-10-20-8-15-24(16-9-20)28(3)18-19-29/h8-17,21,29H,4-7,18-19H2,1-3H3,(H,27,31)/b17-10+. The molecular weight excluding hydrogens is 388 g/mol. The number of nitrogens with zero attached hydrogens (tertiary/aromatic N) is 1. The predicted molar refractivity (Wildman–Crippen MR) is 129 cm³/mol. The number of anilines is 2. The van der Waals surface area contributed by atoms with Gasteiger partial charge in [-0.05, 0) is 60.9 Å². The highest BCUT2D eigenvalue weighted by atomic mass is 16.3. The van der Waals surface area contributed by atoms with Crippen LogP contribution in [0.4, 0.5) is 11.4 Å². The van der Waals surface area contributed by atoms with Crippen molar-refractivity contribution in [2.24, 2.45) is 5.92 Å². The third kappa shape index (κ3) is 7.68. The first-order valence-corrected chi connectivity index (χ1v) is 11.0. The molecule has 2 aromatic carbocycles. The fraction of sp³-hybridized carbons (Fsp3) is 0.385. The number of hydrogen-bond acceptors (Lipinski definition) is 4. The van der Waals surface area contributed by atoms with Gasteiger partial charge in [-0.1, -0.05) is 44.9 Å². The average Bonchev–Trinajstić information content (AvgIpc) is 2.79. The number of carbonyl (C=O) groups excluding carboxylic acids is 2. The van der Waals surface area contributed by atoms with Crippen LogP contribution in [0.3, 0.4) is 0 Å². The molecule has 0 aliphatic rings. The van der Waals surface area contributed by atoms with Crippen LogP contribution < -0.4 is 10.2 Å². The number of allylic oxidation sites excluding steroid dienone is 1. The van der Waals surface area contributed by atoms with Crippen LogP contribution in [-0.2, 0) is 4.79 Å². The topological polar surface area (TPSA) is 69.6 Å². The number of aliphatic hydroxyl groups is 1. The number of nitrogens with one attached hydrogen (secondary N) is 1. The number of ketones is 1. The van der Waals surface area contributed by atoms with Crippen LogP contribution in [0.1, 0.15) is 55.5 Å². The Kier molecular flexibility index (Phi) is 9.98. The molecule has 0 aromatic heterocycles. The van der Waals surface area contributed by atoms with Gasteiger partial charge in [0.1, 0.15) is 0 Å². The van der Waals surface area contributed by atoms with Crippen molar-refractivity contribution < 1.29 is 14.7 Å². The second-order valence-electron chi connectivity index (χ2n) is 7.75. The molecule has 1 unspecified atom stereocenters. The van der Waals surface area contributed by atoms with E-state index in [1.54, 1.807) is 36.4 Å². The monoisotopic (exact) mass is 422 g/mol. The maximum absolute atomic E-state index is 12.5. The summed E-state index contributed by atoms with van der Waals surface area (Å²) in [4.78, 5) is 26.9. The molecule has 31 heavy (non-hydrogen) atoms. The molecular formula is C26H34N2O3. The van der Waals surface area contributed by atoms with Crippen molar-refractivity contribution in [3.63, 3.8) is 0 Å². The van der Waals surface area contributed by atoms with Gasteiger partial charge in [0.05, 0.1) is 6.61 Å².